The van der Waals surface area contributed by atoms with E-state index in [-0.39, 0.29) is 11.5 Å². The van der Waals surface area contributed by atoms with Crippen molar-refractivity contribution in [3.8, 4) is 28.7 Å². The molecule has 0 N–H and O–H groups in total. The van der Waals surface area contributed by atoms with Crippen LogP contribution in [0.1, 0.15) is 40.6 Å². The topological polar surface area (TPSA) is 88.6 Å². The van der Waals surface area contributed by atoms with Crippen molar-refractivity contribution in [3.05, 3.63) is 35.2 Å². The molecule has 0 spiro atoms. The highest BCUT2D eigenvalue weighted by atomic mass is 32.2. The molecule has 8 nitrogen and oxygen atoms in total. The highest BCUT2D eigenvalue weighted by Crippen LogP contribution is 2.41. The zero-order valence-corrected chi connectivity index (χ0v) is 19.0. The molecule has 3 aromatic rings. The second kappa shape index (κ2) is 8.66. The summed E-state index contributed by atoms with van der Waals surface area (Å²) in [5.74, 6) is 2.05. The molecule has 0 amide bonds. The molecule has 1 saturated carbocycles. The number of aryl methyl sites for hydroxylation is 1. The Bertz CT molecular complexity index is 1090. The fraction of sp³-hybridized carbons (Fsp3) is 0.409. The van der Waals surface area contributed by atoms with Gasteiger partial charge >= 0.3 is 0 Å². The molecule has 31 heavy (non-hydrogen) atoms. The first-order chi connectivity index (χ1) is 15.0. The number of aromatic nitrogens is 3. The molecule has 1 aliphatic rings. The molecule has 2 aromatic heterocycles. The van der Waals surface area contributed by atoms with Crippen molar-refractivity contribution in [2.45, 2.75) is 38.0 Å². The minimum Gasteiger partial charge on any atom is -0.493 e. The van der Waals surface area contributed by atoms with Gasteiger partial charge in [0.05, 0.1) is 27.1 Å². The SMILES string of the molecule is COc1cc(-c2nnc(SCC(=O)c3cc(C)n(C4CC4)c3C)o2)cc(OC)c1OC. The predicted octanol–water partition coefficient (Wildman–Crippen LogP) is 4.49. The Labute approximate surface area is 184 Å². The minimum atomic E-state index is 0.0533. The lowest BCUT2D eigenvalue weighted by Gasteiger charge is -2.12. The summed E-state index contributed by atoms with van der Waals surface area (Å²) in [4.78, 5) is 12.8. The van der Waals surface area contributed by atoms with Gasteiger partial charge in [-0.1, -0.05) is 11.8 Å². The number of benzene rings is 1. The van der Waals surface area contributed by atoms with Crippen molar-refractivity contribution < 1.29 is 23.4 Å². The van der Waals surface area contributed by atoms with Gasteiger partial charge in [0.1, 0.15) is 0 Å². The van der Waals surface area contributed by atoms with E-state index in [2.05, 4.69) is 21.7 Å². The zero-order valence-electron chi connectivity index (χ0n) is 18.2. The maximum absolute atomic E-state index is 12.8. The van der Waals surface area contributed by atoms with Crippen LogP contribution in [0.3, 0.4) is 0 Å². The fourth-order valence-corrected chi connectivity index (χ4v) is 4.39. The highest BCUT2D eigenvalue weighted by Gasteiger charge is 2.28. The third kappa shape index (κ3) is 4.14. The van der Waals surface area contributed by atoms with Crippen LogP contribution in [0.25, 0.3) is 11.5 Å². The van der Waals surface area contributed by atoms with Crippen molar-refractivity contribution >= 4 is 17.5 Å². The number of rotatable bonds is 9. The van der Waals surface area contributed by atoms with E-state index in [1.54, 1.807) is 33.5 Å². The molecule has 0 aliphatic heterocycles. The van der Waals surface area contributed by atoms with Gasteiger partial charge in [-0.2, -0.15) is 0 Å². The van der Waals surface area contributed by atoms with Gasteiger partial charge in [0.15, 0.2) is 17.3 Å². The van der Waals surface area contributed by atoms with Crippen molar-refractivity contribution in [2.75, 3.05) is 27.1 Å². The smallest absolute Gasteiger partial charge is 0.277 e. The monoisotopic (exact) mass is 443 g/mol. The number of hydrogen-bond acceptors (Lipinski definition) is 8. The first kappa shape index (κ1) is 21.3. The molecule has 164 valence electrons. The molecule has 0 saturated heterocycles. The summed E-state index contributed by atoms with van der Waals surface area (Å²) in [6.45, 7) is 4.06. The summed E-state index contributed by atoms with van der Waals surface area (Å²) in [5, 5.41) is 8.50. The molecule has 1 aromatic carbocycles. The summed E-state index contributed by atoms with van der Waals surface area (Å²) >= 11 is 1.23. The fourth-order valence-electron chi connectivity index (χ4n) is 3.75. The average Bonchev–Trinajstić information content (AvgIpc) is 3.41. The van der Waals surface area contributed by atoms with Gasteiger partial charge in [-0.15, -0.1) is 10.2 Å². The van der Waals surface area contributed by atoms with E-state index < -0.39 is 0 Å². The molecule has 4 rings (SSSR count). The Kier molecular flexibility index (Phi) is 5.95. The largest absolute Gasteiger partial charge is 0.493 e. The second-order valence-electron chi connectivity index (χ2n) is 7.38. The van der Waals surface area contributed by atoms with Crippen molar-refractivity contribution in [1.82, 2.24) is 14.8 Å². The van der Waals surface area contributed by atoms with Gasteiger partial charge in [-0.25, -0.2) is 0 Å². The normalized spacial score (nSPS) is 13.3. The van der Waals surface area contributed by atoms with Crippen LogP contribution in [0.4, 0.5) is 0 Å². The predicted molar refractivity (Wildman–Crippen MR) is 117 cm³/mol. The number of Topliss-reactive ketones (excluding diaryl/α,β-unsaturated/α-hetero) is 1. The molecule has 1 fully saturated rings. The quantitative estimate of drug-likeness (QED) is 0.353. The number of methoxy groups -OCH3 is 3. The third-order valence-electron chi connectivity index (χ3n) is 5.34. The van der Waals surface area contributed by atoms with Crippen molar-refractivity contribution in [3.63, 3.8) is 0 Å². The maximum Gasteiger partial charge on any atom is 0.277 e. The van der Waals surface area contributed by atoms with E-state index in [1.807, 2.05) is 13.0 Å². The third-order valence-corrected chi connectivity index (χ3v) is 6.16. The standard InChI is InChI=1S/C22H25N3O5S/c1-12-8-16(13(2)25(12)15-6-7-15)17(26)11-31-22-24-23-21(30-22)14-9-18(27-3)20(29-5)19(10-14)28-4/h8-10,15H,6-7,11H2,1-5H3. The highest BCUT2D eigenvalue weighted by molar-refractivity contribution is 7.99. The van der Waals surface area contributed by atoms with Crippen LogP contribution in [0.2, 0.25) is 0 Å². The lowest BCUT2D eigenvalue weighted by molar-refractivity contribution is 0.102. The lowest BCUT2D eigenvalue weighted by Crippen LogP contribution is -2.05. The van der Waals surface area contributed by atoms with E-state index in [4.69, 9.17) is 18.6 Å². The van der Waals surface area contributed by atoms with Gasteiger partial charge < -0.3 is 23.2 Å². The number of nitrogens with zero attached hydrogens (tertiary/aromatic N) is 3. The second-order valence-corrected chi connectivity index (χ2v) is 8.31. The van der Waals surface area contributed by atoms with E-state index in [0.29, 0.717) is 40.0 Å². The molecule has 0 unspecified atom stereocenters. The number of hydrogen-bond donors (Lipinski definition) is 0. The Morgan fingerprint density at radius 3 is 2.35 bits per heavy atom. The summed E-state index contributed by atoms with van der Waals surface area (Å²) in [7, 11) is 4.63. The van der Waals surface area contributed by atoms with E-state index in [0.717, 1.165) is 17.0 Å². The van der Waals surface area contributed by atoms with Crippen LogP contribution in [-0.2, 0) is 0 Å². The van der Waals surface area contributed by atoms with Crippen LogP contribution in [0.15, 0.2) is 27.8 Å². The molecular weight excluding hydrogens is 418 g/mol. The van der Waals surface area contributed by atoms with Crippen LogP contribution < -0.4 is 14.2 Å². The summed E-state index contributed by atoms with van der Waals surface area (Å²) < 4.78 is 24.1. The van der Waals surface area contributed by atoms with E-state index in [1.165, 1.54) is 24.6 Å². The molecule has 9 heteroatoms. The number of ketones is 1. The minimum absolute atomic E-state index is 0.0533. The summed E-state index contributed by atoms with van der Waals surface area (Å²) in [6.07, 6.45) is 2.37. The Morgan fingerprint density at radius 2 is 1.77 bits per heavy atom. The van der Waals surface area contributed by atoms with Crippen molar-refractivity contribution in [2.24, 2.45) is 0 Å². The number of carbonyl (C=O) groups excluding carboxylic acids is 1. The van der Waals surface area contributed by atoms with Gasteiger partial charge in [-0.3, -0.25) is 4.79 Å². The van der Waals surface area contributed by atoms with Crippen LogP contribution in [0, 0.1) is 13.8 Å². The Morgan fingerprint density at radius 1 is 1.10 bits per heavy atom. The van der Waals surface area contributed by atoms with Gasteiger partial charge in [0.2, 0.25) is 11.6 Å². The molecule has 0 radical (unpaired) electrons. The maximum atomic E-state index is 12.8. The number of ether oxygens (including phenoxy) is 3. The summed E-state index contributed by atoms with van der Waals surface area (Å²) in [6, 6.07) is 6.00. The van der Waals surface area contributed by atoms with Crippen LogP contribution in [-0.4, -0.2) is 47.6 Å². The molecule has 2 heterocycles. The number of carbonyl (C=O) groups is 1. The molecular formula is C22H25N3O5S. The molecule has 1 aliphatic carbocycles. The number of thioether (sulfide) groups is 1. The first-order valence-electron chi connectivity index (χ1n) is 9.95. The summed E-state index contributed by atoms with van der Waals surface area (Å²) in [5.41, 5.74) is 3.57. The van der Waals surface area contributed by atoms with E-state index in [9.17, 15) is 4.79 Å². The first-order valence-corrected chi connectivity index (χ1v) is 10.9. The average molecular weight is 444 g/mol. The zero-order chi connectivity index (χ0) is 22.1. The van der Waals surface area contributed by atoms with Crippen molar-refractivity contribution in [1.29, 1.82) is 0 Å². The Hall–Kier alpha value is -2.94. The van der Waals surface area contributed by atoms with Gasteiger partial charge in [-0.05, 0) is 44.9 Å². The van der Waals surface area contributed by atoms with Crippen LogP contribution >= 0.6 is 11.8 Å². The Balaban J connectivity index is 1.49. The van der Waals surface area contributed by atoms with Gasteiger partial charge in [0, 0.05) is 28.6 Å². The molecule has 0 atom stereocenters. The van der Waals surface area contributed by atoms with E-state index >= 15 is 0 Å². The van der Waals surface area contributed by atoms with Gasteiger partial charge in [0.25, 0.3) is 5.22 Å². The van der Waals surface area contributed by atoms with Crippen LogP contribution in [0.5, 0.6) is 17.2 Å². The molecule has 0 bridgehead atoms. The lowest BCUT2D eigenvalue weighted by atomic mass is 10.2.